The van der Waals surface area contributed by atoms with Crippen LogP contribution in [0.5, 0.6) is 0 Å². The molecule has 0 N–H and O–H groups in total. The largest absolute Gasteiger partial charge is 0.340 e. The van der Waals surface area contributed by atoms with E-state index >= 15 is 0 Å². The first kappa shape index (κ1) is 16.8. The molecule has 0 aliphatic carbocycles. The molecule has 116 valence electrons. The zero-order chi connectivity index (χ0) is 16.5. The summed E-state index contributed by atoms with van der Waals surface area (Å²) < 4.78 is 0. The minimum absolute atomic E-state index is 0.0736. The van der Waals surface area contributed by atoms with Gasteiger partial charge in [0.1, 0.15) is 0 Å². The van der Waals surface area contributed by atoms with E-state index in [9.17, 15) is 4.79 Å². The summed E-state index contributed by atoms with van der Waals surface area (Å²) in [5.41, 5.74) is 0.899. The molecule has 2 rings (SSSR count). The number of amides is 1. The van der Waals surface area contributed by atoms with E-state index < -0.39 is 0 Å². The van der Waals surface area contributed by atoms with Crippen molar-refractivity contribution in [2.45, 2.75) is 17.9 Å². The van der Waals surface area contributed by atoms with Crippen molar-refractivity contribution in [1.29, 1.82) is 10.5 Å². The van der Waals surface area contributed by atoms with E-state index in [0.717, 1.165) is 15.9 Å². The molecule has 1 amide bonds. The van der Waals surface area contributed by atoms with Crippen LogP contribution in [0.2, 0.25) is 0 Å². The Morgan fingerprint density at radius 1 is 1.09 bits per heavy atom. The van der Waals surface area contributed by atoms with E-state index in [0.29, 0.717) is 13.1 Å². The molecule has 0 radical (unpaired) electrons. The smallest absolute Gasteiger partial charge is 0.233 e. The monoisotopic (exact) mass is 324 g/mol. The molecule has 2 aromatic rings. The zero-order valence-corrected chi connectivity index (χ0v) is 13.4. The summed E-state index contributed by atoms with van der Waals surface area (Å²) in [6, 6.07) is 15.8. The van der Waals surface area contributed by atoms with Gasteiger partial charge in [-0.3, -0.25) is 4.79 Å². The molecule has 0 saturated carbocycles. The molecule has 23 heavy (non-hydrogen) atoms. The third-order valence-corrected chi connectivity index (χ3v) is 4.17. The first-order valence-electron chi connectivity index (χ1n) is 7.25. The Labute approximate surface area is 139 Å². The van der Waals surface area contributed by atoms with Crippen molar-refractivity contribution in [3.63, 3.8) is 0 Å². The van der Waals surface area contributed by atoms with Gasteiger partial charge < -0.3 is 4.90 Å². The van der Waals surface area contributed by atoms with Gasteiger partial charge in [0.05, 0.1) is 41.3 Å². The van der Waals surface area contributed by atoms with E-state index in [-0.39, 0.29) is 24.5 Å². The molecule has 0 aliphatic heterocycles. The number of para-hydroxylation sites is 1. The van der Waals surface area contributed by atoms with Crippen LogP contribution in [0.4, 0.5) is 0 Å². The highest BCUT2D eigenvalue weighted by atomic mass is 32.2. The van der Waals surface area contributed by atoms with Crippen molar-refractivity contribution in [3.05, 3.63) is 36.4 Å². The van der Waals surface area contributed by atoms with Gasteiger partial charge in [0.15, 0.2) is 0 Å². The molecule has 0 aliphatic rings. The summed E-state index contributed by atoms with van der Waals surface area (Å²) in [5, 5.41) is 19.2. The van der Waals surface area contributed by atoms with Crippen LogP contribution >= 0.6 is 11.8 Å². The normalized spacial score (nSPS) is 10.0. The number of nitriles is 2. The van der Waals surface area contributed by atoms with Crippen molar-refractivity contribution < 1.29 is 4.79 Å². The van der Waals surface area contributed by atoms with Gasteiger partial charge in [0, 0.05) is 18.5 Å². The van der Waals surface area contributed by atoms with Crippen LogP contribution in [-0.2, 0) is 4.79 Å². The second-order valence-corrected chi connectivity index (χ2v) is 5.82. The molecule has 0 unspecified atom stereocenters. The van der Waals surface area contributed by atoms with Gasteiger partial charge in [-0.1, -0.05) is 36.0 Å². The lowest BCUT2D eigenvalue weighted by Gasteiger charge is -2.20. The number of nitrogens with zero attached hydrogens (tertiary/aromatic N) is 4. The van der Waals surface area contributed by atoms with Crippen LogP contribution in [0.1, 0.15) is 12.8 Å². The minimum atomic E-state index is -0.0736. The lowest BCUT2D eigenvalue weighted by atomic mass is 10.2. The predicted molar refractivity (Wildman–Crippen MR) is 89.5 cm³/mol. The highest BCUT2D eigenvalue weighted by Crippen LogP contribution is 2.20. The summed E-state index contributed by atoms with van der Waals surface area (Å²) in [5.74, 6) is 0.179. The zero-order valence-electron chi connectivity index (χ0n) is 12.6. The number of thioether (sulfide) groups is 1. The van der Waals surface area contributed by atoms with Gasteiger partial charge in [0.25, 0.3) is 0 Å². The maximum atomic E-state index is 12.3. The van der Waals surface area contributed by atoms with Crippen LogP contribution in [0, 0.1) is 22.7 Å². The number of rotatable bonds is 7. The molecular weight excluding hydrogens is 308 g/mol. The van der Waals surface area contributed by atoms with Crippen molar-refractivity contribution in [3.8, 4) is 12.1 Å². The first-order valence-corrected chi connectivity index (χ1v) is 8.23. The van der Waals surface area contributed by atoms with Crippen LogP contribution in [0.3, 0.4) is 0 Å². The highest BCUT2D eigenvalue weighted by molar-refractivity contribution is 7.99. The number of hydrogen-bond donors (Lipinski definition) is 0. The molecule has 0 fully saturated rings. The van der Waals surface area contributed by atoms with Crippen molar-refractivity contribution >= 4 is 28.6 Å². The van der Waals surface area contributed by atoms with E-state index in [1.165, 1.54) is 11.8 Å². The van der Waals surface area contributed by atoms with Gasteiger partial charge in [-0.15, -0.1) is 0 Å². The van der Waals surface area contributed by atoms with Crippen LogP contribution < -0.4 is 0 Å². The molecule has 1 aromatic heterocycles. The molecule has 5 nitrogen and oxygen atoms in total. The lowest BCUT2D eigenvalue weighted by Crippen LogP contribution is -2.34. The Kier molecular flexibility index (Phi) is 6.40. The Morgan fingerprint density at radius 2 is 1.78 bits per heavy atom. The van der Waals surface area contributed by atoms with Crippen LogP contribution in [-0.4, -0.2) is 34.6 Å². The molecule has 0 saturated heterocycles. The Bertz CT molecular complexity index is 745. The van der Waals surface area contributed by atoms with E-state index in [2.05, 4.69) is 4.98 Å². The molecule has 1 heterocycles. The third-order valence-electron chi connectivity index (χ3n) is 3.26. The highest BCUT2D eigenvalue weighted by Gasteiger charge is 2.13. The first-order chi connectivity index (χ1) is 11.2. The Hall–Kier alpha value is -2.57. The Morgan fingerprint density at radius 3 is 2.48 bits per heavy atom. The Balaban J connectivity index is 1.97. The van der Waals surface area contributed by atoms with Crippen molar-refractivity contribution in [2.24, 2.45) is 0 Å². The van der Waals surface area contributed by atoms with E-state index in [1.807, 2.05) is 48.5 Å². The number of pyridine rings is 1. The number of fused-ring (bicyclic) bond motifs is 1. The van der Waals surface area contributed by atoms with Crippen molar-refractivity contribution in [2.75, 3.05) is 18.8 Å². The van der Waals surface area contributed by atoms with Gasteiger partial charge in [-0.05, 0) is 12.1 Å². The second-order valence-electron chi connectivity index (χ2n) is 4.83. The van der Waals surface area contributed by atoms with E-state index in [1.54, 1.807) is 4.90 Å². The fourth-order valence-corrected chi connectivity index (χ4v) is 2.87. The number of hydrogen-bond acceptors (Lipinski definition) is 5. The molecule has 6 heteroatoms. The van der Waals surface area contributed by atoms with Gasteiger partial charge in [-0.25, -0.2) is 4.98 Å². The standard InChI is InChI=1S/C17H16N4OS/c18-9-3-11-21(12-4-10-19)17(22)13-23-16-8-7-14-5-1-2-6-15(14)20-16/h1-2,5-8H,3-4,11-13H2. The predicted octanol–water partition coefficient (Wildman–Crippen LogP) is 2.98. The summed E-state index contributed by atoms with van der Waals surface area (Å²) >= 11 is 1.37. The average molecular weight is 324 g/mol. The SMILES string of the molecule is N#CCCN(CCC#N)C(=O)CSc1ccc2ccccc2n1. The van der Waals surface area contributed by atoms with E-state index in [4.69, 9.17) is 10.5 Å². The lowest BCUT2D eigenvalue weighted by molar-refractivity contribution is -0.128. The number of carbonyl (C=O) groups excluding carboxylic acids is 1. The van der Waals surface area contributed by atoms with Gasteiger partial charge in [-0.2, -0.15) is 10.5 Å². The topological polar surface area (TPSA) is 80.8 Å². The van der Waals surface area contributed by atoms with Gasteiger partial charge >= 0.3 is 0 Å². The quantitative estimate of drug-likeness (QED) is 0.731. The number of carbonyl (C=O) groups is 1. The summed E-state index contributed by atoms with van der Waals surface area (Å²) in [7, 11) is 0. The molecule has 0 bridgehead atoms. The number of aromatic nitrogens is 1. The number of benzene rings is 1. The van der Waals surface area contributed by atoms with Crippen molar-refractivity contribution in [1.82, 2.24) is 9.88 Å². The third kappa shape index (κ3) is 4.98. The van der Waals surface area contributed by atoms with Gasteiger partial charge in [0.2, 0.25) is 5.91 Å². The fraction of sp³-hybridized carbons (Fsp3) is 0.294. The molecule has 0 spiro atoms. The maximum absolute atomic E-state index is 12.3. The second kappa shape index (κ2) is 8.77. The average Bonchev–Trinajstić information content (AvgIpc) is 2.59. The molecule has 0 atom stereocenters. The molecule has 1 aromatic carbocycles. The minimum Gasteiger partial charge on any atom is -0.340 e. The van der Waals surface area contributed by atoms with Crippen LogP contribution in [0.15, 0.2) is 41.4 Å². The summed E-state index contributed by atoms with van der Waals surface area (Å²) in [4.78, 5) is 18.3. The maximum Gasteiger partial charge on any atom is 0.233 e. The molecular formula is C17H16N4OS. The summed E-state index contributed by atoms with van der Waals surface area (Å²) in [6.45, 7) is 0.728. The summed E-state index contributed by atoms with van der Waals surface area (Å²) in [6.07, 6.45) is 0.548. The fourth-order valence-electron chi connectivity index (χ4n) is 2.09. The van der Waals surface area contributed by atoms with Crippen LogP contribution in [0.25, 0.3) is 10.9 Å².